The number of ether oxygens (including phenoxy) is 1. The number of nitrogens with zero attached hydrogens (tertiary/aromatic N) is 3. The highest BCUT2D eigenvalue weighted by Crippen LogP contribution is 2.67. The predicted octanol–water partition coefficient (Wildman–Crippen LogP) is 19.5. The van der Waals surface area contributed by atoms with E-state index in [2.05, 4.69) is 299 Å². The highest BCUT2D eigenvalue weighted by Gasteiger charge is 2.53. The smallest absolute Gasteiger partial charge is 0.152 e. The van der Waals surface area contributed by atoms with Crippen molar-refractivity contribution in [2.24, 2.45) is 0 Å². The fourth-order valence-electron chi connectivity index (χ4n) is 13.1. The minimum atomic E-state index is -0.516. The molecule has 3 aliphatic rings. The molecule has 1 spiro atoms. The van der Waals surface area contributed by atoms with Crippen LogP contribution in [0.3, 0.4) is 0 Å². The summed E-state index contributed by atoms with van der Waals surface area (Å²) in [6.07, 6.45) is 0. The first-order chi connectivity index (χ1) is 38.2. The lowest BCUT2D eigenvalue weighted by Gasteiger charge is -2.47. The first kappa shape index (κ1) is 43.3. The van der Waals surface area contributed by atoms with Gasteiger partial charge >= 0.3 is 0 Å². The second-order valence-electron chi connectivity index (χ2n) is 20.4. The summed E-state index contributed by atoms with van der Waals surface area (Å²) in [7, 11) is 0. The van der Waals surface area contributed by atoms with Crippen molar-refractivity contribution in [1.82, 2.24) is 4.57 Å². The molecule has 1 aliphatic carbocycles. The third-order valence-corrected chi connectivity index (χ3v) is 16.3. The van der Waals surface area contributed by atoms with E-state index in [1.807, 2.05) is 0 Å². The van der Waals surface area contributed by atoms with Gasteiger partial charge < -0.3 is 19.1 Å². The quantitative estimate of drug-likeness (QED) is 0.159. The fourth-order valence-corrected chi connectivity index (χ4v) is 13.1. The van der Waals surface area contributed by atoms with Gasteiger partial charge in [0.25, 0.3) is 0 Å². The molecule has 0 saturated carbocycles. The monoisotopic (exact) mass is 981 g/mol. The summed E-state index contributed by atoms with van der Waals surface area (Å²) in [6.45, 7) is 0. The Hall–Kier alpha value is -10.2. The molecule has 77 heavy (non-hydrogen) atoms. The van der Waals surface area contributed by atoms with Crippen molar-refractivity contribution in [1.29, 1.82) is 0 Å². The summed E-state index contributed by atoms with van der Waals surface area (Å²) < 4.78 is 9.60. The van der Waals surface area contributed by atoms with E-state index < -0.39 is 5.41 Å². The molecular formula is C73H47N3O. The van der Waals surface area contributed by atoms with Crippen LogP contribution >= 0.6 is 0 Å². The van der Waals surface area contributed by atoms with Gasteiger partial charge in [-0.05, 0) is 158 Å². The summed E-state index contributed by atoms with van der Waals surface area (Å²) in [4.78, 5) is 4.88. The van der Waals surface area contributed by atoms with Crippen LogP contribution in [0.15, 0.2) is 285 Å². The maximum atomic E-state index is 7.21. The highest BCUT2D eigenvalue weighted by molar-refractivity contribution is 6.11. The van der Waals surface area contributed by atoms with E-state index in [0.717, 1.165) is 79.1 Å². The third kappa shape index (κ3) is 6.46. The van der Waals surface area contributed by atoms with Crippen molar-refractivity contribution in [3.63, 3.8) is 0 Å². The second-order valence-corrected chi connectivity index (χ2v) is 20.4. The molecule has 0 unspecified atom stereocenters. The zero-order chi connectivity index (χ0) is 50.6. The van der Waals surface area contributed by atoms with Crippen molar-refractivity contribution in [2.75, 3.05) is 9.80 Å². The molecule has 0 fully saturated rings. The van der Waals surface area contributed by atoms with Crippen LogP contribution in [0.1, 0.15) is 22.3 Å². The van der Waals surface area contributed by atoms with Crippen molar-refractivity contribution in [3.8, 4) is 61.7 Å². The van der Waals surface area contributed by atoms with Crippen LogP contribution in [0.5, 0.6) is 11.5 Å². The molecule has 0 saturated heterocycles. The number of hydrogen-bond donors (Lipinski definition) is 0. The van der Waals surface area contributed by atoms with Crippen molar-refractivity contribution >= 4 is 55.9 Å². The molecule has 0 radical (unpaired) electrons. The van der Waals surface area contributed by atoms with Gasteiger partial charge in [0.2, 0.25) is 0 Å². The van der Waals surface area contributed by atoms with E-state index in [1.54, 1.807) is 0 Å². The molecule has 2 aliphatic heterocycles. The number of hydrogen-bond acceptors (Lipinski definition) is 3. The Labute approximate surface area is 447 Å². The molecule has 1 aromatic heterocycles. The maximum Gasteiger partial charge on any atom is 0.152 e. The number of aromatic nitrogens is 1. The molecule has 0 atom stereocenters. The first-order valence-corrected chi connectivity index (χ1v) is 26.5. The minimum absolute atomic E-state index is 0.516. The Morgan fingerprint density at radius 3 is 1.61 bits per heavy atom. The maximum absolute atomic E-state index is 7.21. The predicted molar refractivity (Wildman–Crippen MR) is 317 cm³/mol. The zero-order valence-corrected chi connectivity index (χ0v) is 41.9. The minimum Gasteiger partial charge on any atom is -0.453 e. The van der Waals surface area contributed by atoms with Crippen molar-refractivity contribution in [3.05, 3.63) is 307 Å². The van der Waals surface area contributed by atoms with Crippen LogP contribution in [0.4, 0.5) is 34.1 Å². The van der Waals surface area contributed by atoms with Crippen LogP contribution in [-0.4, -0.2) is 4.57 Å². The first-order valence-electron chi connectivity index (χ1n) is 26.5. The van der Waals surface area contributed by atoms with Crippen LogP contribution in [0.2, 0.25) is 0 Å². The van der Waals surface area contributed by atoms with Crippen molar-refractivity contribution in [2.45, 2.75) is 5.41 Å². The molecule has 13 aromatic rings. The molecule has 3 heterocycles. The molecule has 4 nitrogen and oxygen atoms in total. The average Bonchev–Trinajstić information content (AvgIpc) is 4.25. The van der Waals surface area contributed by atoms with Gasteiger partial charge in [0.15, 0.2) is 11.5 Å². The summed E-state index contributed by atoms with van der Waals surface area (Å²) in [6, 6.07) is 104. The molecule has 4 heteroatoms. The zero-order valence-electron chi connectivity index (χ0n) is 41.9. The number of anilines is 6. The molecule has 0 N–H and O–H groups in total. The number of para-hydroxylation sites is 4. The van der Waals surface area contributed by atoms with Gasteiger partial charge in [-0.25, -0.2) is 0 Å². The van der Waals surface area contributed by atoms with Gasteiger partial charge in [0.05, 0.1) is 33.5 Å². The molecule has 16 rings (SSSR count). The highest BCUT2D eigenvalue weighted by atomic mass is 16.5. The number of rotatable bonds is 7. The Morgan fingerprint density at radius 1 is 0.312 bits per heavy atom. The summed E-state index contributed by atoms with van der Waals surface area (Å²) >= 11 is 0. The summed E-state index contributed by atoms with van der Waals surface area (Å²) in [5.74, 6) is 1.65. The standard InChI is InChI=1S/C73H47N3O/c1-4-19-48(20-5-1)50-35-38-55(39-36-50)74(56-40-42-67-61(47-56)60-27-12-16-32-66(60)75(67)54-23-8-3-9-24-54)57-44-52(49-21-6-2-7-22-49)43-53(45-57)51-37-41-69-71(46-51)77-70-34-18-31-65-72(70)76(69)68-33-17-15-30-64(68)73(65)62-28-13-10-25-58(62)59-26-11-14-29-63(59)73/h1-47H. The molecular weight excluding hydrogens is 935 g/mol. The Bertz CT molecular complexity index is 4440. The lowest BCUT2D eigenvalue weighted by atomic mass is 9.64. The molecule has 12 aromatic carbocycles. The van der Waals surface area contributed by atoms with E-state index in [0.29, 0.717) is 0 Å². The molecule has 0 amide bonds. The topological polar surface area (TPSA) is 20.6 Å². The SMILES string of the molecule is c1ccc(-c2ccc(N(c3cc(-c4ccccc4)cc(-c4ccc5c(c4)Oc4cccc6c4N5c4ccccc4C64c5ccccc5-c5ccccc54)c3)c3ccc4c(c3)c3ccccc3n4-c3ccccc3)cc2)cc1. The summed E-state index contributed by atoms with van der Waals surface area (Å²) in [5, 5.41) is 2.40. The molecule has 0 bridgehead atoms. The van der Waals surface area contributed by atoms with Crippen molar-refractivity contribution < 1.29 is 4.74 Å². The van der Waals surface area contributed by atoms with Gasteiger partial charge in [-0.1, -0.05) is 194 Å². The van der Waals surface area contributed by atoms with Crippen LogP contribution in [-0.2, 0) is 5.41 Å². The van der Waals surface area contributed by atoms with E-state index in [9.17, 15) is 0 Å². The fraction of sp³-hybridized carbons (Fsp3) is 0.0137. The normalized spacial score (nSPS) is 13.1. The summed E-state index contributed by atoms with van der Waals surface area (Å²) in [5.41, 5.74) is 23.8. The third-order valence-electron chi connectivity index (χ3n) is 16.3. The van der Waals surface area contributed by atoms with E-state index in [1.165, 1.54) is 60.8 Å². The number of fused-ring (bicyclic) bond motifs is 14. The van der Waals surface area contributed by atoms with Crippen LogP contribution in [0.25, 0.3) is 72.0 Å². The van der Waals surface area contributed by atoms with Crippen LogP contribution in [0, 0.1) is 0 Å². The lowest BCUT2D eigenvalue weighted by Crippen LogP contribution is -2.37. The van der Waals surface area contributed by atoms with E-state index in [-0.39, 0.29) is 0 Å². The Kier molecular flexibility index (Phi) is 9.52. The second kappa shape index (κ2) is 16.9. The number of benzene rings is 12. The van der Waals surface area contributed by atoms with Gasteiger partial charge in [0, 0.05) is 33.5 Å². The van der Waals surface area contributed by atoms with Crippen LogP contribution < -0.4 is 14.5 Å². The largest absolute Gasteiger partial charge is 0.453 e. The van der Waals surface area contributed by atoms with Gasteiger partial charge in [-0.15, -0.1) is 0 Å². The Morgan fingerprint density at radius 2 is 0.870 bits per heavy atom. The Balaban J connectivity index is 0.877. The molecule has 360 valence electrons. The lowest BCUT2D eigenvalue weighted by molar-refractivity contribution is 0.474. The van der Waals surface area contributed by atoms with Gasteiger partial charge in [-0.2, -0.15) is 0 Å². The van der Waals surface area contributed by atoms with Gasteiger partial charge in [-0.3, -0.25) is 0 Å². The van der Waals surface area contributed by atoms with E-state index in [4.69, 9.17) is 4.74 Å². The average molecular weight is 982 g/mol. The van der Waals surface area contributed by atoms with Gasteiger partial charge in [0.1, 0.15) is 0 Å². The van der Waals surface area contributed by atoms with E-state index >= 15 is 0 Å².